The van der Waals surface area contributed by atoms with Gasteiger partial charge in [-0.05, 0) is 41.6 Å². The van der Waals surface area contributed by atoms with Crippen LogP contribution in [-0.4, -0.2) is 50.5 Å². The molecular weight excluding hydrogens is 529 g/mol. The first-order chi connectivity index (χ1) is 19.2. The van der Waals surface area contributed by atoms with Gasteiger partial charge >= 0.3 is 0 Å². The van der Waals surface area contributed by atoms with Gasteiger partial charge in [-0.3, -0.25) is 13.9 Å². The number of rotatable bonds is 11. The monoisotopic (exact) mass is 561 g/mol. The average molecular weight is 562 g/mol. The van der Waals surface area contributed by atoms with Crippen LogP contribution >= 0.6 is 0 Å². The highest BCUT2D eigenvalue weighted by Crippen LogP contribution is 2.29. The van der Waals surface area contributed by atoms with E-state index in [1.165, 1.54) is 17.0 Å². The first kappa shape index (κ1) is 28.8. The summed E-state index contributed by atoms with van der Waals surface area (Å²) in [4.78, 5) is 28.8. The maximum Gasteiger partial charge on any atom is 0.244 e. The predicted molar refractivity (Wildman–Crippen MR) is 156 cm³/mol. The van der Waals surface area contributed by atoms with Crippen molar-refractivity contribution in [1.82, 2.24) is 10.2 Å². The zero-order valence-electron chi connectivity index (χ0n) is 22.5. The molecule has 0 saturated heterocycles. The van der Waals surface area contributed by atoms with Crippen LogP contribution in [0.3, 0.4) is 0 Å². The molecule has 0 aliphatic rings. The van der Waals surface area contributed by atoms with Crippen LogP contribution in [0.5, 0.6) is 0 Å². The fourth-order valence-corrected chi connectivity index (χ4v) is 5.51. The van der Waals surface area contributed by atoms with Crippen LogP contribution in [0.1, 0.15) is 18.1 Å². The molecule has 0 aliphatic carbocycles. The normalized spacial score (nSPS) is 12.1. The van der Waals surface area contributed by atoms with Crippen molar-refractivity contribution >= 4 is 38.3 Å². The Labute approximate surface area is 234 Å². The largest absolute Gasteiger partial charge is 0.355 e. The maximum absolute atomic E-state index is 14.1. The van der Waals surface area contributed by atoms with Gasteiger partial charge in [0.05, 0.1) is 11.9 Å². The molecule has 0 spiro atoms. The van der Waals surface area contributed by atoms with E-state index < -0.39 is 34.3 Å². The van der Waals surface area contributed by atoms with Crippen molar-refractivity contribution in [2.75, 3.05) is 23.7 Å². The second-order valence-electron chi connectivity index (χ2n) is 9.52. The molecular formula is C31H32FN3O4S. The lowest BCUT2D eigenvalue weighted by Gasteiger charge is -2.33. The first-order valence-corrected chi connectivity index (χ1v) is 14.8. The average Bonchev–Trinajstić information content (AvgIpc) is 2.94. The highest BCUT2D eigenvalue weighted by molar-refractivity contribution is 7.92. The lowest BCUT2D eigenvalue weighted by Crippen LogP contribution is -2.53. The van der Waals surface area contributed by atoms with Gasteiger partial charge in [-0.2, -0.15) is 0 Å². The molecule has 4 rings (SSSR count). The number of nitrogens with zero attached hydrogens (tertiary/aromatic N) is 2. The molecule has 1 atom stereocenters. The number of anilines is 1. The van der Waals surface area contributed by atoms with Crippen LogP contribution < -0.4 is 9.62 Å². The highest BCUT2D eigenvalue weighted by atomic mass is 32.2. The summed E-state index contributed by atoms with van der Waals surface area (Å²) in [7, 11) is -3.90. The molecule has 9 heteroatoms. The second-order valence-corrected chi connectivity index (χ2v) is 11.4. The fourth-order valence-electron chi connectivity index (χ4n) is 4.65. The fraction of sp³-hybridized carbons (Fsp3) is 0.226. The van der Waals surface area contributed by atoms with Crippen molar-refractivity contribution in [1.29, 1.82) is 0 Å². The van der Waals surface area contributed by atoms with Crippen LogP contribution in [0.15, 0.2) is 97.1 Å². The predicted octanol–water partition coefficient (Wildman–Crippen LogP) is 4.52. The van der Waals surface area contributed by atoms with E-state index in [0.29, 0.717) is 23.2 Å². The Balaban J connectivity index is 1.77. The van der Waals surface area contributed by atoms with Crippen LogP contribution in [0.4, 0.5) is 10.1 Å². The number of halogens is 1. The summed E-state index contributed by atoms with van der Waals surface area (Å²) in [5.74, 6) is -1.35. The Morgan fingerprint density at radius 3 is 2.17 bits per heavy atom. The van der Waals surface area contributed by atoms with Crippen LogP contribution in [-0.2, 0) is 32.6 Å². The van der Waals surface area contributed by atoms with Crippen molar-refractivity contribution in [2.24, 2.45) is 0 Å². The van der Waals surface area contributed by atoms with E-state index in [4.69, 9.17) is 0 Å². The van der Waals surface area contributed by atoms with Gasteiger partial charge < -0.3 is 10.2 Å². The third-order valence-electron chi connectivity index (χ3n) is 6.60. The molecule has 0 radical (unpaired) electrons. The van der Waals surface area contributed by atoms with Gasteiger partial charge in [-0.25, -0.2) is 12.8 Å². The number of fused-ring (bicyclic) bond motifs is 1. The van der Waals surface area contributed by atoms with Crippen molar-refractivity contribution in [3.8, 4) is 0 Å². The molecule has 2 amide bonds. The first-order valence-electron chi connectivity index (χ1n) is 13.0. The Morgan fingerprint density at radius 1 is 0.850 bits per heavy atom. The van der Waals surface area contributed by atoms with Gasteiger partial charge in [0.2, 0.25) is 21.8 Å². The topological polar surface area (TPSA) is 86.8 Å². The SMILES string of the molecule is CCNC(=O)[C@H](Cc1ccccc1)N(Cc1ccc(F)cc1)C(=O)CN(c1cccc2ccccc12)S(C)(=O)=O. The van der Waals surface area contributed by atoms with E-state index in [1.807, 2.05) is 48.5 Å². The van der Waals surface area contributed by atoms with Crippen molar-refractivity contribution in [2.45, 2.75) is 25.9 Å². The van der Waals surface area contributed by atoms with Gasteiger partial charge in [0, 0.05) is 24.9 Å². The smallest absolute Gasteiger partial charge is 0.244 e. The van der Waals surface area contributed by atoms with E-state index in [-0.39, 0.29) is 18.9 Å². The van der Waals surface area contributed by atoms with E-state index in [0.717, 1.165) is 21.5 Å². The molecule has 0 fully saturated rings. The second kappa shape index (κ2) is 12.7. The number of carbonyl (C=O) groups excluding carboxylic acids is 2. The van der Waals surface area contributed by atoms with Crippen molar-refractivity contribution in [3.05, 3.63) is 114 Å². The molecule has 4 aromatic carbocycles. The molecule has 0 unspecified atom stereocenters. The Hall–Kier alpha value is -4.24. The van der Waals surface area contributed by atoms with E-state index >= 15 is 0 Å². The Bertz CT molecular complexity index is 1570. The van der Waals surface area contributed by atoms with Gasteiger partial charge in [0.25, 0.3) is 0 Å². The molecule has 0 bridgehead atoms. The molecule has 7 nitrogen and oxygen atoms in total. The zero-order valence-corrected chi connectivity index (χ0v) is 23.3. The van der Waals surface area contributed by atoms with Crippen LogP contribution in [0, 0.1) is 5.82 Å². The number of amides is 2. The number of carbonyl (C=O) groups is 2. The summed E-state index contributed by atoms with van der Waals surface area (Å²) in [5.41, 5.74) is 1.81. The number of sulfonamides is 1. The molecule has 40 heavy (non-hydrogen) atoms. The Kier molecular flexibility index (Phi) is 9.16. The van der Waals surface area contributed by atoms with E-state index in [9.17, 15) is 22.4 Å². The minimum absolute atomic E-state index is 0.0130. The summed E-state index contributed by atoms with van der Waals surface area (Å²) >= 11 is 0. The quantitative estimate of drug-likeness (QED) is 0.292. The molecule has 0 saturated carbocycles. The minimum Gasteiger partial charge on any atom is -0.355 e. The van der Waals surface area contributed by atoms with Crippen LogP contribution in [0.2, 0.25) is 0 Å². The maximum atomic E-state index is 14.1. The summed E-state index contributed by atoms with van der Waals surface area (Å²) in [6.45, 7) is 1.61. The van der Waals surface area contributed by atoms with Gasteiger partial charge in [-0.1, -0.05) is 78.9 Å². The number of hydrogen-bond acceptors (Lipinski definition) is 4. The summed E-state index contributed by atoms with van der Waals surface area (Å²) < 4.78 is 40.9. The lowest BCUT2D eigenvalue weighted by atomic mass is 10.0. The van der Waals surface area contributed by atoms with E-state index in [2.05, 4.69) is 5.32 Å². The molecule has 1 N–H and O–H groups in total. The summed E-state index contributed by atoms with van der Waals surface area (Å²) in [5, 5.41) is 4.32. The highest BCUT2D eigenvalue weighted by Gasteiger charge is 2.33. The standard InChI is InChI=1S/C31H32FN3O4S/c1-3-33-31(37)29(20-23-10-5-4-6-11-23)34(21-24-16-18-26(32)19-17-24)30(36)22-35(40(2,38)39)28-15-9-13-25-12-7-8-14-27(25)28/h4-19,29H,3,20-22H2,1-2H3,(H,33,37)/t29-/m0/s1. The molecule has 0 aliphatic heterocycles. The zero-order chi connectivity index (χ0) is 28.7. The van der Waals surface area contributed by atoms with Crippen LogP contribution in [0.25, 0.3) is 10.8 Å². The van der Waals surface area contributed by atoms with Crippen molar-refractivity contribution < 1.29 is 22.4 Å². The molecule has 4 aromatic rings. The third kappa shape index (κ3) is 7.04. The molecule has 0 heterocycles. The van der Waals surface area contributed by atoms with Gasteiger partial charge in [0.15, 0.2) is 0 Å². The van der Waals surface area contributed by atoms with Gasteiger partial charge in [0.1, 0.15) is 18.4 Å². The van der Waals surface area contributed by atoms with Gasteiger partial charge in [-0.15, -0.1) is 0 Å². The molecule has 208 valence electrons. The summed E-state index contributed by atoms with van der Waals surface area (Å²) in [6.07, 6.45) is 1.27. The number of hydrogen-bond donors (Lipinski definition) is 1. The Morgan fingerprint density at radius 2 is 1.50 bits per heavy atom. The number of likely N-dealkylation sites (N-methyl/N-ethyl adjacent to an activating group) is 1. The van der Waals surface area contributed by atoms with E-state index in [1.54, 1.807) is 43.3 Å². The number of nitrogens with one attached hydrogen (secondary N) is 1. The molecule has 0 aromatic heterocycles. The lowest BCUT2D eigenvalue weighted by molar-refractivity contribution is -0.140. The number of benzene rings is 4. The van der Waals surface area contributed by atoms with Crippen molar-refractivity contribution in [3.63, 3.8) is 0 Å². The summed E-state index contributed by atoms with van der Waals surface area (Å²) in [6, 6.07) is 26.6. The third-order valence-corrected chi connectivity index (χ3v) is 7.73. The minimum atomic E-state index is -3.90.